The maximum atomic E-state index is 12.6. The highest BCUT2D eigenvalue weighted by Crippen LogP contribution is 2.36. The Morgan fingerprint density at radius 1 is 1.00 bits per heavy atom. The smallest absolute Gasteiger partial charge is 0.340 e. The van der Waals surface area contributed by atoms with E-state index in [2.05, 4.69) is 58.9 Å². The monoisotopic (exact) mass is 378 g/mol. The molecule has 0 amide bonds. The number of rotatable bonds is 8. The van der Waals surface area contributed by atoms with Crippen LogP contribution in [0.1, 0.15) is 6.42 Å². The van der Waals surface area contributed by atoms with E-state index < -0.39 is 30.6 Å². The summed E-state index contributed by atoms with van der Waals surface area (Å²) in [6.45, 7) is 19.8. The molecule has 0 unspecified atom stereocenters. The van der Waals surface area contributed by atoms with Gasteiger partial charge in [-0.15, -0.1) is 0 Å². The van der Waals surface area contributed by atoms with Gasteiger partial charge in [0, 0.05) is 13.0 Å². The molecule has 0 saturated carbocycles. The zero-order valence-electron chi connectivity index (χ0n) is 16.2. The maximum Gasteiger partial charge on any atom is 0.340 e. The molecule has 1 aliphatic heterocycles. The fourth-order valence-electron chi connectivity index (χ4n) is 2.57. The molecule has 0 aromatic rings. The van der Waals surface area contributed by atoms with Gasteiger partial charge in [-0.2, -0.15) is 0 Å². The molecule has 2 atom stereocenters. The quantitative estimate of drug-likeness (QED) is 0.477. The van der Waals surface area contributed by atoms with Gasteiger partial charge in [0.1, 0.15) is 12.7 Å². The molecule has 0 aromatic carbocycles. The molecule has 1 heterocycles. The Labute approximate surface area is 144 Å². The van der Waals surface area contributed by atoms with Gasteiger partial charge in [-0.1, -0.05) is 0 Å². The first-order valence-corrected chi connectivity index (χ1v) is 18.6. The van der Waals surface area contributed by atoms with Crippen molar-refractivity contribution < 1.29 is 22.8 Å². The van der Waals surface area contributed by atoms with E-state index in [4.69, 9.17) is 18.0 Å². The largest absolute Gasteiger partial charge is 0.461 e. The number of esters is 1. The second-order valence-electron chi connectivity index (χ2n) is 9.13. The Bertz CT molecular complexity index is 422. The van der Waals surface area contributed by atoms with E-state index in [0.29, 0.717) is 13.0 Å². The lowest BCUT2D eigenvalue weighted by Gasteiger charge is -2.39. The van der Waals surface area contributed by atoms with Crippen LogP contribution in [-0.2, 0) is 22.8 Å². The molecule has 0 aliphatic carbocycles. The highest BCUT2D eigenvalue weighted by molar-refractivity contribution is 6.70. The zero-order chi connectivity index (χ0) is 18.1. The van der Waals surface area contributed by atoms with Crippen molar-refractivity contribution >= 4 is 30.9 Å². The molecular formula is C15H34O5Si3. The predicted molar refractivity (Wildman–Crippen MR) is 100 cm³/mol. The first kappa shape index (κ1) is 21.0. The summed E-state index contributed by atoms with van der Waals surface area (Å²) in [7, 11) is -5.42. The second-order valence-corrected chi connectivity index (χ2v) is 22.5. The predicted octanol–water partition coefficient (Wildman–Crippen LogP) is 3.60. The Kier molecular flexibility index (Phi) is 6.48. The summed E-state index contributed by atoms with van der Waals surface area (Å²) in [6.07, 6.45) is 0.161. The molecule has 8 heteroatoms. The van der Waals surface area contributed by atoms with Crippen LogP contribution in [0.15, 0.2) is 0 Å². The summed E-state index contributed by atoms with van der Waals surface area (Å²) >= 11 is 0. The lowest BCUT2D eigenvalue weighted by molar-refractivity contribution is -0.154. The van der Waals surface area contributed by atoms with Crippen molar-refractivity contribution in [2.45, 2.75) is 77.0 Å². The van der Waals surface area contributed by atoms with Crippen LogP contribution in [0.5, 0.6) is 0 Å². The third kappa shape index (κ3) is 6.79. The summed E-state index contributed by atoms with van der Waals surface area (Å²) < 4.78 is 24.0. The molecule has 23 heavy (non-hydrogen) atoms. The van der Waals surface area contributed by atoms with Crippen molar-refractivity contribution in [1.82, 2.24) is 0 Å². The molecular weight excluding hydrogens is 344 g/mol. The van der Waals surface area contributed by atoms with E-state index in [9.17, 15) is 4.79 Å². The van der Waals surface area contributed by atoms with Crippen LogP contribution >= 0.6 is 0 Å². The topological polar surface area (TPSA) is 54.0 Å². The van der Waals surface area contributed by atoms with Crippen molar-refractivity contribution in [3.05, 3.63) is 0 Å². The van der Waals surface area contributed by atoms with E-state index in [-0.39, 0.29) is 18.7 Å². The number of carbonyl (C=O) groups is 1. The first-order chi connectivity index (χ1) is 10.1. The zero-order valence-corrected chi connectivity index (χ0v) is 19.2. The Hall–Kier alpha value is 0.000649. The van der Waals surface area contributed by atoms with E-state index in [1.807, 2.05) is 0 Å². The maximum absolute atomic E-state index is 12.6. The van der Waals surface area contributed by atoms with Crippen molar-refractivity contribution in [3.63, 3.8) is 0 Å². The van der Waals surface area contributed by atoms with Gasteiger partial charge in [0.15, 0.2) is 30.6 Å². The minimum atomic E-state index is -1.96. The highest BCUT2D eigenvalue weighted by Gasteiger charge is 2.57. The van der Waals surface area contributed by atoms with Gasteiger partial charge in [-0.25, -0.2) is 4.79 Å². The standard InChI is InChI=1S/C15H34O5Si3/c1-21(2,3)18-11-10-15(20-23(7,8)9)13(12-17-14(15)16)19-22(4,5)6/h13H,10-12H2,1-9H3/t13-,15-/m0/s1. The number of hydrogen-bond donors (Lipinski definition) is 0. The summed E-state index contributed by atoms with van der Waals surface area (Å²) in [4.78, 5) is 12.6. The molecule has 136 valence electrons. The van der Waals surface area contributed by atoms with E-state index >= 15 is 0 Å². The van der Waals surface area contributed by atoms with E-state index in [1.54, 1.807) is 0 Å². The summed E-state index contributed by atoms with van der Waals surface area (Å²) in [5, 5.41) is 0. The van der Waals surface area contributed by atoms with Gasteiger partial charge < -0.3 is 18.0 Å². The van der Waals surface area contributed by atoms with Crippen LogP contribution in [0.2, 0.25) is 58.9 Å². The molecule has 1 fully saturated rings. The SMILES string of the molecule is C[Si](C)(C)OCC[C@@]1(O[Si](C)(C)C)C(=O)OC[C@@H]1O[Si](C)(C)C. The van der Waals surface area contributed by atoms with Crippen molar-refractivity contribution in [1.29, 1.82) is 0 Å². The van der Waals surface area contributed by atoms with Gasteiger partial charge >= 0.3 is 5.97 Å². The highest BCUT2D eigenvalue weighted by atomic mass is 28.4. The first-order valence-electron chi connectivity index (χ1n) is 8.34. The van der Waals surface area contributed by atoms with Gasteiger partial charge in [0.25, 0.3) is 0 Å². The third-order valence-electron chi connectivity index (χ3n) is 3.22. The van der Waals surface area contributed by atoms with Crippen LogP contribution in [0, 0.1) is 0 Å². The minimum absolute atomic E-state index is 0.278. The molecule has 0 aromatic heterocycles. The fraction of sp³-hybridized carbons (Fsp3) is 0.933. The van der Waals surface area contributed by atoms with Crippen molar-refractivity contribution in [3.8, 4) is 0 Å². The summed E-state index contributed by atoms with van der Waals surface area (Å²) in [5.74, 6) is -0.289. The van der Waals surface area contributed by atoms with Crippen LogP contribution in [0.25, 0.3) is 0 Å². The summed E-state index contributed by atoms with van der Waals surface area (Å²) in [5.41, 5.74) is -1.01. The molecule has 0 spiro atoms. The number of cyclic esters (lactones) is 1. The van der Waals surface area contributed by atoms with Gasteiger partial charge in [-0.3, -0.25) is 0 Å². The van der Waals surface area contributed by atoms with E-state index in [1.165, 1.54) is 0 Å². The molecule has 0 radical (unpaired) electrons. The number of hydrogen-bond acceptors (Lipinski definition) is 5. The lowest BCUT2D eigenvalue weighted by Crippen LogP contribution is -2.56. The van der Waals surface area contributed by atoms with Gasteiger partial charge in [-0.05, 0) is 58.9 Å². The Morgan fingerprint density at radius 2 is 1.57 bits per heavy atom. The van der Waals surface area contributed by atoms with Crippen molar-refractivity contribution in [2.24, 2.45) is 0 Å². The van der Waals surface area contributed by atoms with Gasteiger partial charge in [0.2, 0.25) is 0 Å². The Morgan fingerprint density at radius 3 is 2.00 bits per heavy atom. The normalized spacial score (nSPS) is 26.5. The summed E-state index contributed by atoms with van der Waals surface area (Å²) in [6, 6.07) is 0. The molecule has 5 nitrogen and oxygen atoms in total. The van der Waals surface area contributed by atoms with Crippen LogP contribution in [-0.4, -0.2) is 55.8 Å². The van der Waals surface area contributed by atoms with Crippen LogP contribution in [0.3, 0.4) is 0 Å². The average molecular weight is 379 g/mol. The molecule has 1 rings (SSSR count). The Balaban J connectivity index is 3.02. The second kappa shape index (κ2) is 7.09. The minimum Gasteiger partial charge on any atom is -0.461 e. The average Bonchev–Trinajstić information content (AvgIpc) is 2.52. The van der Waals surface area contributed by atoms with Crippen LogP contribution in [0.4, 0.5) is 0 Å². The van der Waals surface area contributed by atoms with Gasteiger partial charge in [0.05, 0.1) is 0 Å². The fourth-order valence-corrected chi connectivity index (χ4v) is 5.81. The molecule has 0 N–H and O–H groups in total. The number of carbonyl (C=O) groups excluding carboxylic acids is 1. The van der Waals surface area contributed by atoms with Crippen molar-refractivity contribution in [2.75, 3.05) is 13.2 Å². The van der Waals surface area contributed by atoms with Crippen LogP contribution < -0.4 is 0 Å². The third-order valence-corrected chi connectivity index (χ3v) is 6.26. The molecule has 1 aliphatic rings. The molecule has 1 saturated heterocycles. The number of ether oxygens (including phenoxy) is 1. The van der Waals surface area contributed by atoms with E-state index in [0.717, 1.165) is 0 Å². The lowest BCUT2D eigenvalue weighted by atomic mass is 9.96. The molecule has 0 bridgehead atoms.